The van der Waals surface area contributed by atoms with Crippen LogP contribution in [0.2, 0.25) is 0 Å². The van der Waals surface area contributed by atoms with Crippen LogP contribution in [0.4, 0.5) is 0 Å². The van der Waals surface area contributed by atoms with E-state index < -0.39 is 5.97 Å². The van der Waals surface area contributed by atoms with Crippen molar-refractivity contribution in [3.8, 4) is 11.8 Å². The molecule has 0 radical (unpaired) electrons. The second-order valence-corrected chi connectivity index (χ2v) is 4.57. The van der Waals surface area contributed by atoms with E-state index in [-0.39, 0.29) is 19.3 Å². The average molecular weight is 275 g/mol. The lowest BCUT2D eigenvalue weighted by Crippen LogP contribution is -2.27. The number of para-hydroxylation sites is 1. The molecule has 5 nitrogen and oxygen atoms in total. The summed E-state index contributed by atoms with van der Waals surface area (Å²) in [6.45, 7) is 0.793. The first kappa shape index (κ1) is 14.4. The zero-order valence-corrected chi connectivity index (χ0v) is 11.2. The van der Waals surface area contributed by atoms with Crippen LogP contribution in [0.5, 0.6) is 5.75 Å². The molecule has 1 aromatic carbocycles. The Bertz CT molecular complexity index is 489. The van der Waals surface area contributed by atoms with E-state index in [2.05, 4.69) is 0 Å². The lowest BCUT2D eigenvalue weighted by atomic mass is 10.1. The highest BCUT2D eigenvalue weighted by atomic mass is 16.6. The van der Waals surface area contributed by atoms with E-state index >= 15 is 0 Å². The summed E-state index contributed by atoms with van der Waals surface area (Å²) in [7, 11) is 0. The molecule has 1 saturated heterocycles. The molecule has 1 unspecified atom stereocenters. The van der Waals surface area contributed by atoms with E-state index in [0.29, 0.717) is 11.3 Å². The number of benzene rings is 1. The molecule has 0 aromatic heterocycles. The number of esters is 1. The lowest BCUT2D eigenvalue weighted by molar-refractivity contribution is -0.151. The van der Waals surface area contributed by atoms with Crippen molar-refractivity contribution in [2.75, 3.05) is 19.8 Å². The van der Waals surface area contributed by atoms with Gasteiger partial charge in [-0.15, -0.1) is 0 Å². The van der Waals surface area contributed by atoms with Crippen LogP contribution in [0, 0.1) is 11.3 Å². The van der Waals surface area contributed by atoms with Crippen LogP contribution in [-0.4, -0.2) is 31.9 Å². The molecule has 0 spiro atoms. The Hall–Kier alpha value is -2.06. The van der Waals surface area contributed by atoms with Gasteiger partial charge in [-0.05, 0) is 31.4 Å². The Balaban J connectivity index is 1.73. The van der Waals surface area contributed by atoms with Gasteiger partial charge in [0.1, 0.15) is 18.4 Å². The van der Waals surface area contributed by atoms with Gasteiger partial charge in [0.05, 0.1) is 11.7 Å². The van der Waals surface area contributed by atoms with Crippen molar-refractivity contribution >= 4 is 5.97 Å². The first-order valence-electron chi connectivity index (χ1n) is 6.69. The minimum atomic E-state index is -0.452. The second kappa shape index (κ2) is 7.51. The third-order valence-corrected chi connectivity index (χ3v) is 3.06. The molecule has 106 valence electrons. The van der Waals surface area contributed by atoms with Crippen LogP contribution in [0.15, 0.2) is 24.3 Å². The minimum absolute atomic E-state index is 0.000838. The molecular weight excluding hydrogens is 258 g/mol. The zero-order chi connectivity index (χ0) is 14.2. The molecule has 1 aromatic rings. The van der Waals surface area contributed by atoms with Crippen LogP contribution in [0.1, 0.15) is 24.8 Å². The fourth-order valence-electron chi connectivity index (χ4n) is 1.99. The zero-order valence-electron chi connectivity index (χ0n) is 11.2. The van der Waals surface area contributed by atoms with Crippen molar-refractivity contribution in [3.05, 3.63) is 29.8 Å². The molecule has 0 saturated carbocycles. The van der Waals surface area contributed by atoms with Crippen LogP contribution in [0.3, 0.4) is 0 Å². The maximum absolute atomic E-state index is 11.6. The van der Waals surface area contributed by atoms with Crippen molar-refractivity contribution in [1.29, 1.82) is 5.26 Å². The molecule has 0 amide bonds. The average Bonchev–Trinajstić information content (AvgIpc) is 2.52. The van der Waals surface area contributed by atoms with E-state index in [1.807, 2.05) is 6.07 Å². The summed E-state index contributed by atoms with van der Waals surface area (Å²) in [4.78, 5) is 11.6. The molecule has 1 heterocycles. The van der Waals surface area contributed by atoms with E-state index in [9.17, 15) is 4.79 Å². The third kappa shape index (κ3) is 4.25. The molecule has 1 atom stereocenters. The van der Waals surface area contributed by atoms with E-state index in [1.165, 1.54) is 0 Å². The van der Waals surface area contributed by atoms with Crippen LogP contribution in [0.25, 0.3) is 0 Å². The van der Waals surface area contributed by atoms with E-state index in [4.69, 9.17) is 19.5 Å². The van der Waals surface area contributed by atoms with E-state index in [1.54, 1.807) is 24.3 Å². The molecule has 0 aliphatic carbocycles. The first-order chi connectivity index (χ1) is 9.79. The van der Waals surface area contributed by atoms with Crippen molar-refractivity contribution < 1.29 is 19.0 Å². The highest BCUT2D eigenvalue weighted by Gasteiger charge is 2.16. The van der Waals surface area contributed by atoms with Crippen molar-refractivity contribution in [3.63, 3.8) is 0 Å². The van der Waals surface area contributed by atoms with Gasteiger partial charge in [0.25, 0.3) is 0 Å². The molecule has 1 aliphatic rings. The number of ether oxygens (including phenoxy) is 3. The monoisotopic (exact) mass is 275 g/mol. The highest BCUT2D eigenvalue weighted by molar-refractivity contribution is 5.71. The number of rotatable bonds is 5. The van der Waals surface area contributed by atoms with Gasteiger partial charge < -0.3 is 14.2 Å². The Morgan fingerprint density at radius 2 is 2.25 bits per heavy atom. The topological polar surface area (TPSA) is 68.5 Å². The van der Waals surface area contributed by atoms with Gasteiger partial charge in [0.15, 0.2) is 6.61 Å². The number of nitrogens with zero attached hydrogens (tertiary/aromatic N) is 1. The number of carbonyl (C=O) groups is 1. The molecule has 5 heteroatoms. The SMILES string of the molecule is N#Cc1ccccc1OCC(=O)OCC1CCCCO1. The fraction of sp³-hybridized carbons (Fsp3) is 0.467. The van der Waals surface area contributed by atoms with Gasteiger partial charge in [-0.2, -0.15) is 5.26 Å². The normalized spacial score (nSPS) is 18.1. The van der Waals surface area contributed by atoms with Crippen LogP contribution in [-0.2, 0) is 14.3 Å². The number of carbonyl (C=O) groups excluding carboxylic acids is 1. The van der Waals surface area contributed by atoms with Gasteiger partial charge in [-0.25, -0.2) is 4.79 Å². The van der Waals surface area contributed by atoms with Crippen molar-refractivity contribution in [1.82, 2.24) is 0 Å². The summed E-state index contributed by atoms with van der Waals surface area (Å²) < 4.78 is 15.9. The smallest absolute Gasteiger partial charge is 0.344 e. The lowest BCUT2D eigenvalue weighted by Gasteiger charge is -2.22. The number of hydrogen-bond donors (Lipinski definition) is 0. The second-order valence-electron chi connectivity index (χ2n) is 4.57. The van der Waals surface area contributed by atoms with Gasteiger partial charge >= 0.3 is 5.97 Å². The molecule has 20 heavy (non-hydrogen) atoms. The van der Waals surface area contributed by atoms with Gasteiger partial charge in [0, 0.05) is 6.61 Å². The quantitative estimate of drug-likeness (QED) is 0.769. The number of nitriles is 1. The summed E-state index contributed by atoms with van der Waals surface area (Å²) in [6, 6.07) is 8.78. The number of hydrogen-bond acceptors (Lipinski definition) is 5. The standard InChI is InChI=1S/C15H17NO4/c16-9-12-5-1-2-7-14(12)19-11-15(17)20-10-13-6-3-4-8-18-13/h1-2,5,7,13H,3-4,6,8,10-11H2. The van der Waals surface area contributed by atoms with Crippen LogP contribution >= 0.6 is 0 Å². The first-order valence-corrected chi connectivity index (χ1v) is 6.69. The maximum Gasteiger partial charge on any atom is 0.344 e. The fourth-order valence-corrected chi connectivity index (χ4v) is 1.99. The van der Waals surface area contributed by atoms with Gasteiger partial charge in [-0.1, -0.05) is 12.1 Å². The molecular formula is C15H17NO4. The Labute approximate surface area is 118 Å². The summed E-state index contributed by atoms with van der Waals surface area (Å²) >= 11 is 0. The largest absolute Gasteiger partial charge is 0.481 e. The van der Waals surface area contributed by atoms with Crippen molar-refractivity contribution in [2.24, 2.45) is 0 Å². The Morgan fingerprint density at radius 3 is 3.00 bits per heavy atom. The molecule has 2 rings (SSSR count). The predicted molar refractivity (Wildman–Crippen MR) is 71.2 cm³/mol. The minimum Gasteiger partial charge on any atom is -0.481 e. The summed E-state index contributed by atoms with van der Waals surface area (Å²) in [5.41, 5.74) is 0.399. The molecule has 0 bridgehead atoms. The Morgan fingerprint density at radius 1 is 1.40 bits per heavy atom. The Kier molecular flexibility index (Phi) is 5.39. The van der Waals surface area contributed by atoms with Gasteiger partial charge in [-0.3, -0.25) is 0 Å². The maximum atomic E-state index is 11.6. The van der Waals surface area contributed by atoms with Gasteiger partial charge in [0.2, 0.25) is 0 Å². The van der Waals surface area contributed by atoms with Crippen LogP contribution < -0.4 is 4.74 Å². The predicted octanol–water partition coefficient (Wildman–Crippen LogP) is 2.05. The highest BCUT2D eigenvalue weighted by Crippen LogP contribution is 2.16. The van der Waals surface area contributed by atoms with E-state index in [0.717, 1.165) is 25.9 Å². The molecule has 0 N–H and O–H groups in total. The summed E-state index contributed by atoms with van der Waals surface area (Å²) in [6.07, 6.45) is 3.09. The molecule has 1 aliphatic heterocycles. The third-order valence-electron chi connectivity index (χ3n) is 3.06. The van der Waals surface area contributed by atoms with Crippen molar-refractivity contribution in [2.45, 2.75) is 25.4 Å². The summed E-state index contributed by atoms with van der Waals surface area (Å²) in [5.74, 6) is -0.0622. The summed E-state index contributed by atoms with van der Waals surface area (Å²) in [5, 5.41) is 8.89. The molecule has 1 fully saturated rings.